The van der Waals surface area contributed by atoms with Crippen LogP contribution in [-0.2, 0) is 21.2 Å². The number of hydrogen-bond acceptors (Lipinski definition) is 4. The smallest absolute Gasteiger partial charge is 0.242 e. The quantitative estimate of drug-likeness (QED) is 0.869. The number of anilines is 1. The number of carbonyl (C=O) groups excluding carboxylic acids is 1. The minimum absolute atomic E-state index is 0.131. The van der Waals surface area contributed by atoms with Crippen LogP contribution in [-0.4, -0.2) is 32.7 Å². The van der Waals surface area contributed by atoms with Crippen molar-refractivity contribution in [3.05, 3.63) is 46.2 Å². The van der Waals surface area contributed by atoms with Crippen molar-refractivity contribution in [2.75, 3.05) is 19.4 Å². The topological polar surface area (TPSA) is 66.5 Å². The Balaban J connectivity index is 2.10. The second-order valence-electron chi connectivity index (χ2n) is 5.45. The number of thiophene rings is 1. The van der Waals surface area contributed by atoms with Gasteiger partial charge in [-0.1, -0.05) is 6.07 Å². The van der Waals surface area contributed by atoms with Gasteiger partial charge in [0.15, 0.2) is 0 Å². The second kappa shape index (κ2) is 7.25. The zero-order valence-corrected chi connectivity index (χ0v) is 15.0. The molecule has 124 valence electrons. The van der Waals surface area contributed by atoms with Crippen LogP contribution in [0.2, 0.25) is 0 Å². The highest BCUT2D eigenvalue weighted by Crippen LogP contribution is 2.22. The van der Waals surface area contributed by atoms with E-state index in [2.05, 4.69) is 5.32 Å². The summed E-state index contributed by atoms with van der Waals surface area (Å²) in [6.07, 6.45) is 1.03. The molecule has 0 saturated carbocycles. The Labute approximate surface area is 141 Å². The number of benzene rings is 1. The lowest BCUT2D eigenvalue weighted by molar-refractivity contribution is -0.116. The molecule has 0 fully saturated rings. The Hall–Kier alpha value is -1.70. The number of rotatable bonds is 6. The summed E-state index contributed by atoms with van der Waals surface area (Å²) >= 11 is 1.60. The molecule has 0 radical (unpaired) electrons. The van der Waals surface area contributed by atoms with E-state index in [1.807, 2.05) is 16.8 Å². The molecule has 1 heterocycles. The van der Waals surface area contributed by atoms with E-state index < -0.39 is 10.0 Å². The molecular formula is C16H20N2O3S2. The van der Waals surface area contributed by atoms with Gasteiger partial charge >= 0.3 is 0 Å². The highest BCUT2D eigenvalue weighted by atomic mass is 32.2. The van der Waals surface area contributed by atoms with Crippen LogP contribution in [0.4, 0.5) is 5.69 Å². The van der Waals surface area contributed by atoms with E-state index in [0.29, 0.717) is 24.1 Å². The molecule has 2 aromatic rings. The minimum Gasteiger partial charge on any atom is -0.326 e. The van der Waals surface area contributed by atoms with Crippen LogP contribution in [0.25, 0.3) is 0 Å². The number of amides is 1. The summed E-state index contributed by atoms with van der Waals surface area (Å²) in [5, 5.41) is 6.76. The normalized spacial score (nSPS) is 11.7. The van der Waals surface area contributed by atoms with Crippen molar-refractivity contribution in [2.45, 2.75) is 24.7 Å². The summed E-state index contributed by atoms with van der Waals surface area (Å²) in [6.45, 7) is 1.73. The Kier molecular flexibility index (Phi) is 5.56. The lowest BCUT2D eigenvalue weighted by atomic mass is 10.2. The van der Waals surface area contributed by atoms with Gasteiger partial charge in [0.1, 0.15) is 0 Å². The van der Waals surface area contributed by atoms with E-state index in [1.165, 1.54) is 20.2 Å². The van der Waals surface area contributed by atoms with Crippen LogP contribution in [0.5, 0.6) is 0 Å². The molecule has 2 rings (SSSR count). The molecule has 0 aliphatic carbocycles. The Bertz CT molecular complexity index is 782. The van der Waals surface area contributed by atoms with Gasteiger partial charge in [0.25, 0.3) is 0 Å². The van der Waals surface area contributed by atoms with Crippen LogP contribution in [0.15, 0.2) is 39.9 Å². The van der Waals surface area contributed by atoms with Crippen molar-refractivity contribution < 1.29 is 13.2 Å². The van der Waals surface area contributed by atoms with Crippen molar-refractivity contribution in [1.29, 1.82) is 0 Å². The van der Waals surface area contributed by atoms with Crippen molar-refractivity contribution in [3.63, 3.8) is 0 Å². The van der Waals surface area contributed by atoms with Crippen molar-refractivity contribution >= 4 is 33.0 Å². The first-order valence-corrected chi connectivity index (χ1v) is 9.53. The third kappa shape index (κ3) is 4.40. The van der Waals surface area contributed by atoms with Crippen LogP contribution in [0.1, 0.15) is 17.5 Å². The fraction of sp³-hybridized carbons (Fsp3) is 0.312. The number of hydrogen-bond donors (Lipinski definition) is 1. The lowest BCUT2D eigenvalue weighted by Crippen LogP contribution is -2.23. The van der Waals surface area contributed by atoms with Crippen LogP contribution >= 0.6 is 11.3 Å². The fourth-order valence-electron chi connectivity index (χ4n) is 2.07. The number of sulfonamides is 1. The van der Waals surface area contributed by atoms with Crippen molar-refractivity contribution in [3.8, 4) is 0 Å². The third-order valence-corrected chi connectivity index (χ3v) is 6.14. The molecule has 0 atom stereocenters. The van der Waals surface area contributed by atoms with E-state index in [0.717, 1.165) is 9.87 Å². The monoisotopic (exact) mass is 352 g/mol. The summed E-state index contributed by atoms with van der Waals surface area (Å²) in [6, 6.07) is 6.91. The molecule has 1 amide bonds. The van der Waals surface area contributed by atoms with E-state index >= 15 is 0 Å². The van der Waals surface area contributed by atoms with E-state index in [1.54, 1.807) is 30.4 Å². The third-order valence-electron chi connectivity index (χ3n) is 3.45. The first-order chi connectivity index (χ1) is 10.8. The first kappa shape index (κ1) is 17.7. The Morgan fingerprint density at radius 1 is 1.26 bits per heavy atom. The van der Waals surface area contributed by atoms with E-state index in [4.69, 9.17) is 0 Å². The summed E-state index contributed by atoms with van der Waals surface area (Å²) < 4.78 is 25.7. The number of carbonyl (C=O) groups is 1. The standard InChI is InChI=1S/C16H20N2O3S2/c1-12-4-6-14(10-15(12)23(20,21)18(2)3)17-16(19)7-5-13-8-9-22-11-13/h4,6,8-11H,5,7H2,1-3H3,(H,17,19). The predicted molar refractivity (Wildman–Crippen MR) is 93.3 cm³/mol. The molecule has 7 heteroatoms. The number of nitrogens with zero attached hydrogens (tertiary/aromatic N) is 1. The Morgan fingerprint density at radius 3 is 2.61 bits per heavy atom. The summed E-state index contributed by atoms with van der Waals surface area (Å²) in [7, 11) is -0.556. The van der Waals surface area contributed by atoms with Crippen molar-refractivity contribution in [2.24, 2.45) is 0 Å². The molecule has 0 spiro atoms. The molecule has 5 nitrogen and oxygen atoms in total. The van der Waals surface area contributed by atoms with Gasteiger partial charge in [0.05, 0.1) is 4.90 Å². The maximum Gasteiger partial charge on any atom is 0.242 e. The molecule has 0 aliphatic heterocycles. The van der Waals surface area contributed by atoms with Crippen LogP contribution in [0.3, 0.4) is 0 Å². The number of aryl methyl sites for hydroxylation is 2. The first-order valence-electron chi connectivity index (χ1n) is 7.15. The highest BCUT2D eigenvalue weighted by Gasteiger charge is 2.20. The van der Waals surface area contributed by atoms with Gasteiger partial charge in [-0.2, -0.15) is 11.3 Å². The SMILES string of the molecule is Cc1ccc(NC(=O)CCc2ccsc2)cc1S(=O)(=O)N(C)C. The summed E-state index contributed by atoms with van der Waals surface area (Å²) in [5.41, 5.74) is 2.27. The van der Waals surface area contributed by atoms with E-state index in [9.17, 15) is 13.2 Å². The molecule has 0 bridgehead atoms. The van der Waals surface area contributed by atoms with Crippen LogP contribution < -0.4 is 5.32 Å². The summed E-state index contributed by atoms with van der Waals surface area (Å²) in [5.74, 6) is -0.131. The average Bonchev–Trinajstić information content (AvgIpc) is 3.00. The molecule has 1 N–H and O–H groups in total. The minimum atomic E-state index is -3.53. The average molecular weight is 352 g/mol. The largest absolute Gasteiger partial charge is 0.326 e. The molecule has 0 aliphatic rings. The predicted octanol–water partition coefficient (Wildman–Crippen LogP) is 2.88. The molecular weight excluding hydrogens is 332 g/mol. The number of nitrogens with one attached hydrogen (secondary N) is 1. The highest BCUT2D eigenvalue weighted by molar-refractivity contribution is 7.89. The fourth-order valence-corrected chi connectivity index (χ4v) is 3.92. The Morgan fingerprint density at radius 2 is 2.00 bits per heavy atom. The van der Waals surface area contributed by atoms with Gasteiger partial charge in [-0.15, -0.1) is 0 Å². The van der Waals surface area contributed by atoms with Gasteiger partial charge in [-0.05, 0) is 53.4 Å². The van der Waals surface area contributed by atoms with Gasteiger partial charge in [-0.25, -0.2) is 12.7 Å². The zero-order valence-electron chi connectivity index (χ0n) is 13.4. The molecule has 0 unspecified atom stereocenters. The van der Waals surface area contributed by atoms with Gasteiger partial charge in [-0.3, -0.25) is 4.79 Å². The summed E-state index contributed by atoms with van der Waals surface area (Å²) in [4.78, 5) is 12.2. The molecule has 1 aromatic heterocycles. The maximum absolute atomic E-state index is 12.3. The van der Waals surface area contributed by atoms with Gasteiger partial charge in [0, 0.05) is 26.2 Å². The lowest BCUT2D eigenvalue weighted by Gasteiger charge is -2.15. The molecule has 1 aromatic carbocycles. The van der Waals surface area contributed by atoms with E-state index in [-0.39, 0.29) is 10.8 Å². The van der Waals surface area contributed by atoms with Gasteiger partial charge in [0.2, 0.25) is 15.9 Å². The van der Waals surface area contributed by atoms with Crippen LogP contribution in [0, 0.1) is 6.92 Å². The molecule has 23 heavy (non-hydrogen) atoms. The maximum atomic E-state index is 12.3. The van der Waals surface area contributed by atoms with Crippen molar-refractivity contribution in [1.82, 2.24) is 4.31 Å². The second-order valence-corrected chi connectivity index (χ2v) is 8.35. The molecule has 0 saturated heterocycles. The van der Waals surface area contributed by atoms with Gasteiger partial charge < -0.3 is 5.32 Å². The zero-order chi connectivity index (χ0) is 17.0.